The van der Waals surface area contributed by atoms with E-state index in [1.165, 1.54) is 25.8 Å². The number of rotatable bonds is 3. The Balaban J connectivity index is 1.45. The van der Waals surface area contributed by atoms with Crippen LogP contribution in [0.15, 0.2) is 0 Å². The van der Waals surface area contributed by atoms with Gasteiger partial charge in [-0.1, -0.05) is 6.92 Å². The molecule has 0 bridgehead atoms. The second kappa shape index (κ2) is 5.80. The second-order valence-corrected chi connectivity index (χ2v) is 6.71. The van der Waals surface area contributed by atoms with Gasteiger partial charge < -0.3 is 10.2 Å². The minimum Gasteiger partial charge on any atom is -0.339 e. The molecule has 2 heterocycles. The van der Waals surface area contributed by atoms with Crippen molar-refractivity contribution in [1.29, 1.82) is 0 Å². The molecular weight excluding hydrogens is 238 g/mol. The fourth-order valence-electron chi connectivity index (χ4n) is 3.33. The Labute approximate surface area is 116 Å². The third kappa shape index (κ3) is 3.48. The van der Waals surface area contributed by atoms with E-state index in [0.717, 1.165) is 45.1 Å². The molecule has 1 saturated carbocycles. The van der Waals surface area contributed by atoms with Gasteiger partial charge in [-0.3, -0.25) is 9.69 Å². The predicted octanol–water partition coefficient (Wildman–Crippen LogP) is 0.929. The highest BCUT2D eigenvalue weighted by Gasteiger charge is 2.31. The molecular formula is C15H27N3O. The van der Waals surface area contributed by atoms with Gasteiger partial charge >= 0.3 is 0 Å². The van der Waals surface area contributed by atoms with Crippen LogP contribution < -0.4 is 5.32 Å². The van der Waals surface area contributed by atoms with Gasteiger partial charge in [0.15, 0.2) is 0 Å². The predicted molar refractivity (Wildman–Crippen MR) is 75.9 cm³/mol. The van der Waals surface area contributed by atoms with Crippen LogP contribution in [-0.4, -0.2) is 61.0 Å². The lowest BCUT2D eigenvalue weighted by molar-refractivity contribution is -0.136. The number of piperazine rings is 1. The van der Waals surface area contributed by atoms with Crippen molar-refractivity contribution in [1.82, 2.24) is 15.1 Å². The Hall–Kier alpha value is -0.610. The molecule has 4 heteroatoms. The number of nitrogens with one attached hydrogen (secondary N) is 1. The van der Waals surface area contributed by atoms with Crippen molar-refractivity contribution < 1.29 is 4.79 Å². The summed E-state index contributed by atoms with van der Waals surface area (Å²) in [4.78, 5) is 17.1. The van der Waals surface area contributed by atoms with Crippen molar-refractivity contribution in [3.63, 3.8) is 0 Å². The van der Waals surface area contributed by atoms with E-state index in [2.05, 4.69) is 22.0 Å². The smallest absolute Gasteiger partial charge is 0.239 e. The molecule has 2 unspecified atom stereocenters. The largest absolute Gasteiger partial charge is 0.339 e. The molecule has 1 N–H and O–H groups in total. The zero-order chi connectivity index (χ0) is 13.2. The molecule has 1 amide bonds. The molecule has 2 atom stereocenters. The Morgan fingerprint density at radius 1 is 1.16 bits per heavy atom. The van der Waals surface area contributed by atoms with E-state index in [1.54, 1.807) is 0 Å². The molecule has 1 aliphatic carbocycles. The van der Waals surface area contributed by atoms with Gasteiger partial charge in [-0.2, -0.15) is 0 Å². The van der Waals surface area contributed by atoms with Gasteiger partial charge in [-0.25, -0.2) is 0 Å². The summed E-state index contributed by atoms with van der Waals surface area (Å²) in [5.41, 5.74) is 0. The van der Waals surface area contributed by atoms with Crippen molar-refractivity contribution >= 4 is 5.91 Å². The van der Waals surface area contributed by atoms with Gasteiger partial charge in [0.25, 0.3) is 0 Å². The van der Waals surface area contributed by atoms with E-state index in [4.69, 9.17) is 0 Å². The third-order valence-corrected chi connectivity index (χ3v) is 4.86. The molecule has 0 aromatic heterocycles. The van der Waals surface area contributed by atoms with Gasteiger partial charge in [-0.15, -0.1) is 0 Å². The SMILES string of the molecule is CC1CCNC(C(=O)N2CCN(CC3CC3)CC2)C1. The van der Waals surface area contributed by atoms with Crippen molar-refractivity contribution in [3.8, 4) is 0 Å². The highest BCUT2D eigenvalue weighted by Crippen LogP contribution is 2.30. The summed E-state index contributed by atoms with van der Waals surface area (Å²) in [6, 6.07) is 0.0822. The molecule has 4 nitrogen and oxygen atoms in total. The first kappa shape index (κ1) is 13.4. The van der Waals surface area contributed by atoms with Crippen LogP contribution >= 0.6 is 0 Å². The maximum Gasteiger partial charge on any atom is 0.239 e. The van der Waals surface area contributed by atoms with Crippen LogP contribution in [0.3, 0.4) is 0 Å². The summed E-state index contributed by atoms with van der Waals surface area (Å²) in [6.07, 6.45) is 5.06. The van der Waals surface area contributed by atoms with Crippen LogP contribution in [0, 0.1) is 11.8 Å². The van der Waals surface area contributed by atoms with Crippen molar-refractivity contribution in [2.75, 3.05) is 39.3 Å². The standard InChI is InChI=1S/C15H27N3O/c1-12-4-5-16-14(10-12)15(19)18-8-6-17(7-9-18)11-13-2-3-13/h12-14,16H,2-11H2,1H3. The van der Waals surface area contributed by atoms with Crippen LogP contribution in [-0.2, 0) is 4.79 Å². The average molecular weight is 265 g/mol. The van der Waals surface area contributed by atoms with Gasteiger partial charge in [0, 0.05) is 32.7 Å². The maximum absolute atomic E-state index is 12.5. The van der Waals surface area contributed by atoms with Gasteiger partial charge in [0.1, 0.15) is 0 Å². The highest BCUT2D eigenvalue weighted by atomic mass is 16.2. The molecule has 0 spiro atoms. The molecule has 108 valence electrons. The molecule has 0 radical (unpaired) electrons. The number of amides is 1. The Morgan fingerprint density at radius 3 is 2.53 bits per heavy atom. The molecule has 19 heavy (non-hydrogen) atoms. The van der Waals surface area contributed by atoms with E-state index < -0.39 is 0 Å². The average Bonchev–Trinajstić information content (AvgIpc) is 3.23. The fourth-order valence-corrected chi connectivity index (χ4v) is 3.33. The van der Waals surface area contributed by atoms with Crippen LogP contribution in [0.1, 0.15) is 32.6 Å². The van der Waals surface area contributed by atoms with E-state index in [0.29, 0.717) is 11.8 Å². The summed E-state index contributed by atoms with van der Waals surface area (Å²) in [5.74, 6) is 1.99. The lowest BCUT2D eigenvalue weighted by atomic mass is 9.93. The molecule has 0 aromatic carbocycles. The maximum atomic E-state index is 12.5. The van der Waals surface area contributed by atoms with Gasteiger partial charge in [0.05, 0.1) is 6.04 Å². The zero-order valence-corrected chi connectivity index (χ0v) is 12.1. The van der Waals surface area contributed by atoms with E-state index >= 15 is 0 Å². The van der Waals surface area contributed by atoms with Crippen LogP contribution in [0.4, 0.5) is 0 Å². The number of hydrogen-bond donors (Lipinski definition) is 1. The number of nitrogens with zero attached hydrogens (tertiary/aromatic N) is 2. The van der Waals surface area contributed by atoms with Crippen LogP contribution in [0.5, 0.6) is 0 Å². The van der Waals surface area contributed by atoms with Gasteiger partial charge in [-0.05, 0) is 44.1 Å². The molecule has 2 aliphatic heterocycles. The van der Waals surface area contributed by atoms with Crippen LogP contribution in [0.2, 0.25) is 0 Å². The molecule has 2 saturated heterocycles. The summed E-state index contributed by atoms with van der Waals surface area (Å²) >= 11 is 0. The lowest BCUT2D eigenvalue weighted by Gasteiger charge is -2.38. The van der Waals surface area contributed by atoms with Crippen LogP contribution in [0.25, 0.3) is 0 Å². The van der Waals surface area contributed by atoms with E-state index in [-0.39, 0.29) is 6.04 Å². The molecule has 0 aromatic rings. The van der Waals surface area contributed by atoms with Crippen molar-refractivity contribution in [2.45, 2.75) is 38.6 Å². The van der Waals surface area contributed by atoms with E-state index in [1.807, 2.05) is 0 Å². The minimum absolute atomic E-state index is 0.0822. The Morgan fingerprint density at radius 2 is 1.89 bits per heavy atom. The highest BCUT2D eigenvalue weighted by molar-refractivity contribution is 5.82. The summed E-state index contributed by atoms with van der Waals surface area (Å²) < 4.78 is 0. The number of hydrogen-bond acceptors (Lipinski definition) is 3. The lowest BCUT2D eigenvalue weighted by Crippen LogP contribution is -2.55. The first-order chi connectivity index (χ1) is 9.22. The Bertz CT molecular complexity index is 321. The molecule has 3 rings (SSSR count). The molecule has 3 fully saturated rings. The fraction of sp³-hybridized carbons (Fsp3) is 0.933. The topological polar surface area (TPSA) is 35.6 Å². The summed E-state index contributed by atoms with van der Waals surface area (Å²) in [7, 11) is 0. The number of piperidine rings is 1. The second-order valence-electron chi connectivity index (χ2n) is 6.71. The summed E-state index contributed by atoms with van der Waals surface area (Å²) in [6.45, 7) is 8.53. The minimum atomic E-state index is 0.0822. The van der Waals surface area contributed by atoms with Crippen molar-refractivity contribution in [2.24, 2.45) is 11.8 Å². The van der Waals surface area contributed by atoms with E-state index in [9.17, 15) is 4.79 Å². The number of carbonyl (C=O) groups excluding carboxylic acids is 1. The molecule has 3 aliphatic rings. The van der Waals surface area contributed by atoms with Crippen molar-refractivity contribution in [3.05, 3.63) is 0 Å². The summed E-state index contributed by atoms with van der Waals surface area (Å²) in [5, 5.41) is 3.40. The first-order valence-electron chi connectivity index (χ1n) is 7.97. The first-order valence-corrected chi connectivity index (χ1v) is 7.97. The normalized spacial score (nSPS) is 33.4. The third-order valence-electron chi connectivity index (χ3n) is 4.86. The monoisotopic (exact) mass is 265 g/mol. The van der Waals surface area contributed by atoms with Gasteiger partial charge in [0.2, 0.25) is 5.91 Å². The number of carbonyl (C=O) groups is 1. The quantitative estimate of drug-likeness (QED) is 0.824. The Kier molecular flexibility index (Phi) is 4.08. The zero-order valence-electron chi connectivity index (χ0n) is 12.1.